The number of hydrogen-bond acceptors (Lipinski definition) is 6. The van der Waals surface area contributed by atoms with Gasteiger partial charge in [-0.05, 0) is 18.2 Å². The van der Waals surface area contributed by atoms with Gasteiger partial charge >= 0.3 is 12.1 Å². The van der Waals surface area contributed by atoms with Crippen LogP contribution in [0.3, 0.4) is 0 Å². The Morgan fingerprint density at radius 3 is 2.42 bits per heavy atom. The smallest absolute Gasteiger partial charge is 0.418 e. The number of rotatable bonds is 5. The molecule has 1 aromatic heterocycles. The third-order valence-corrected chi connectivity index (χ3v) is 3.04. The molecule has 2 aromatic rings. The Morgan fingerprint density at radius 2 is 1.85 bits per heavy atom. The van der Waals surface area contributed by atoms with E-state index < -0.39 is 46.5 Å². The molecule has 1 heterocycles. The minimum Gasteiger partial charge on any atom is -0.452 e. The summed E-state index contributed by atoms with van der Waals surface area (Å²) in [7, 11) is 0. The van der Waals surface area contributed by atoms with Crippen molar-refractivity contribution in [2.45, 2.75) is 6.18 Å². The Labute approximate surface area is 143 Å². The van der Waals surface area contributed by atoms with Crippen LogP contribution in [-0.2, 0) is 15.7 Å². The number of nitrogens with one attached hydrogen (secondary N) is 1. The van der Waals surface area contributed by atoms with Crippen molar-refractivity contribution in [1.29, 1.82) is 0 Å². The number of nitrogens with zero attached hydrogens (tertiary/aromatic N) is 2. The molecule has 1 aromatic carbocycles. The van der Waals surface area contributed by atoms with Crippen molar-refractivity contribution >= 4 is 23.3 Å². The van der Waals surface area contributed by atoms with Crippen LogP contribution in [0.4, 0.5) is 24.5 Å². The number of non-ortho nitro benzene ring substituents is 1. The third kappa shape index (κ3) is 4.75. The summed E-state index contributed by atoms with van der Waals surface area (Å²) in [4.78, 5) is 36.7. The molecule has 0 saturated heterocycles. The van der Waals surface area contributed by atoms with Crippen LogP contribution in [0.1, 0.15) is 15.9 Å². The summed E-state index contributed by atoms with van der Waals surface area (Å²) in [6.45, 7) is -0.838. The van der Waals surface area contributed by atoms with E-state index in [-0.39, 0.29) is 5.56 Å². The van der Waals surface area contributed by atoms with Gasteiger partial charge in [0.15, 0.2) is 6.61 Å². The molecule has 11 heteroatoms. The maximum Gasteiger partial charge on any atom is 0.418 e. The van der Waals surface area contributed by atoms with Crippen LogP contribution >= 0.6 is 0 Å². The quantitative estimate of drug-likeness (QED) is 0.493. The first-order valence-electron chi connectivity index (χ1n) is 6.91. The Balaban J connectivity index is 2.09. The predicted molar refractivity (Wildman–Crippen MR) is 81.2 cm³/mol. The molecular weight excluding hydrogens is 359 g/mol. The molecule has 0 radical (unpaired) electrons. The standard InChI is InChI=1S/C15H10F3N3O5/c16-15(17,18)11-7-10(21(24)25)1-2-12(11)20-13(22)8-26-14(23)9-3-5-19-6-4-9/h1-7H,8H2,(H,20,22). The van der Waals surface area contributed by atoms with Gasteiger partial charge in [0.05, 0.1) is 21.7 Å². The summed E-state index contributed by atoms with van der Waals surface area (Å²) in [5.41, 5.74) is -2.74. The van der Waals surface area contributed by atoms with Gasteiger partial charge in [-0.2, -0.15) is 13.2 Å². The minimum atomic E-state index is -4.93. The second-order valence-corrected chi connectivity index (χ2v) is 4.84. The highest BCUT2D eigenvalue weighted by Crippen LogP contribution is 2.37. The number of anilines is 1. The molecular formula is C15H10F3N3O5. The van der Waals surface area contributed by atoms with E-state index in [1.165, 1.54) is 24.5 Å². The number of hydrogen-bond donors (Lipinski definition) is 1. The van der Waals surface area contributed by atoms with Crippen LogP contribution in [0, 0.1) is 10.1 Å². The van der Waals surface area contributed by atoms with Crippen LogP contribution < -0.4 is 5.32 Å². The molecule has 0 saturated carbocycles. The van der Waals surface area contributed by atoms with Crippen LogP contribution in [0.25, 0.3) is 0 Å². The highest BCUT2D eigenvalue weighted by molar-refractivity contribution is 5.96. The fraction of sp³-hybridized carbons (Fsp3) is 0.133. The average molecular weight is 369 g/mol. The zero-order valence-electron chi connectivity index (χ0n) is 12.8. The molecule has 0 aliphatic rings. The number of nitro groups is 1. The lowest BCUT2D eigenvalue weighted by Crippen LogP contribution is -2.22. The van der Waals surface area contributed by atoms with Crippen molar-refractivity contribution in [1.82, 2.24) is 4.98 Å². The molecule has 0 unspecified atom stereocenters. The molecule has 136 valence electrons. The topological polar surface area (TPSA) is 111 Å². The Bertz CT molecular complexity index is 840. The van der Waals surface area contributed by atoms with E-state index in [1.54, 1.807) is 0 Å². The number of esters is 1. The van der Waals surface area contributed by atoms with Gasteiger partial charge in [-0.1, -0.05) is 0 Å². The molecule has 0 atom stereocenters. The lowest BCUT2D eigenvalue weighted by Gasteiger charge is -2.13. The van der Waals surface area contributed by atoms with Crippen molar-refractivity contribution in [2.75, 3.05) is 11.9 Å². The summed E-state index contributed by atoms with van der Waals surface area (Å²) >= 11 is 0. The molecule has 0 bridgehead atoms. The van der Waals surface area contributed by atoms with Gasteiger partial charge in [0.2, 0.25) is 0 Å². The maximum atomic E-state index is 13.0. The van der Waals surface area contributed by atoms with E-state index in [0.29, 0.717) is 6.07 Å². The number of halogens is 3. The predicted octanol–water partition coefficient (Wildman–Crippen LogP) is 2.80. The van der Waals surface area contributed by atoms with Crippen molar-refractivity contribution in [3.05, 3.63) is 64.0 Å². The largest absolute Gasteiger partial charge is 0.452 e. The summed E-state index contributed by atoms with van der Waals surface area (Å²) in [6, 6.07) is 4.53. The Kier molecular flexibility index (Phi) is 5.50. The average Bonchev–Trinajstić information content (AvgIpc) is 2.59. The number of aromatic nitrogens is 1. The maximum absolute atomic E-state index is 13.0. The van der Waals surface area contributed by atoms with Gasteiger partial charge in [0, 0.05) is 24.5 Å². The number of ether oxygens (including phenoxy) is 1. The minimum absolute atomic E-state index is 0.110. The second-order valence-electron chi connectivity index (χ2n) is 4.84. The fourth-order valence-electron chi connectivity index (χ4n) is 1.88. The summed E-state index contributed by atoms with van der Waals surface area (Å²) < 4.78 is 43.7. The molecule has 8 nitrogen and oxygen atoms in total. The van der Waals surface area contributed by atoms with E-state index in [1.807, 2.05) is 5.32 Å². The third-order valence-electron chi connectivity index (χ3n) is 3.04. The Morgan fingerprint density at radius 1 is 1.19 bits per heavy atom. The van der Waals surface area contributed by atoms with E-state index in [0.717, 1.165) is 12.1 Å². The molecule has 0 fully saturated rings. The van der Waals surface area contributed by atoms with Crippen LogP contribution in [0.5, 0.6) is 0 Å². The van der Waals surface area contributed by atoms with Gasteiger partial charge in [0.25, 0.3) is 11.6 Å². The SMILES string of the molecule is O=C(COC(=O)c1ccncc1)Nc1ccc([N+](=O)[O-])cc1C(F)(F)F. The van der Waals surface area contributed by atoms with E-state index in [2.05, 4.69) is 9.72 Å². The van der Waals surface area contributed by atoms with Crippen molar-refractivity contribution in [3.63, 3.8) is 0 Å². The number of amides is 1. The first-order chi connectivity index (χ1) is 12.2. The summed E-state index contributed by atoms with van der Waals surface area (Å²) in [5, 5.41) is 12.5. The molecule has 0 aliphatic carbocycles. The number of alkyl halides is 3. The van der Waals surface area contributed by atoms with Crippen LogP contribution in [0.2, 0.25) is 0 Å². The van der Waals surface area contributed by atoms with E-state index in [4.69, 9.17) is 0 Å². The lowest BCUT2D eigenvalue weighted by atomic mass is 10.1. The fourth-order valence-corrected chi connectivity index (χ4v) is 1.88. The molecule has 1 N–H and O–H groups in total. The molecule has 1 amide bonds. The van der Waals surface area contributed by atoms with Gasteiger partial charge < -0.3 is 10.1 Å². The zero-order valence-corrected chi connectivity index (χ0v) is 12.8. The van der Waals surface area contributed by atoms with Gasteiger partial charge in [0.1, 0.15) is 0 Å². The number of carbonyl (C=O) groups excluding carboxylic acids is 2. The van der Waals surface area contributed by atoms with Gasteiger partial charge in [-0.25, -0.2) is 4.79 Å². The summed E-state index contributed by atoms with van der Waals surface area (Å²) in [5.74, 6) is -1.89. The normalized spacial score (nSPS) is 10.9. The number of pyridine rings is 1. The van der Waals surface area contributed by atoms with E-state index in [9.17, 15) is 32.9 Å². The van der Waals surface area contributed by atoms with E-state index >= 15 is 0 Å². The molecule has 0 aliphatic heterocycles. The van der Waals surface area contributed by atoms with Gasteiger partial charge in [-0.15, -0.1) is 0 Å². The first kappa shape index (κ1) is 18.8. The first-order valence-corrected chi connectivity index (χ1v) is 6.91. The monoisotopic (exact) mass is 369 g/mol. The zero-order chi connectivity index (χ0) is 19.3. The molecule has 26 heavy (non-hydrogen) atoms. The molecule has 2 rings (SSSR count). The summed E-state index contributed by atoms with van der Waals surface area (Å²) in [6.07, 6.45) is -2.28. The lowest BCUT2D eigenvalue weighted by molar-refractivity contribution is -0.385. The van der Waals surface area contributed by atoms with Crippen molar-refractivity contribution < 1.29 is 32.4 Å². The van der Waals surface area contributed by atoms with Crippen LogP contribution in [-0.4, -0.2) is 28.4 Å². The number of benzene rings is 1. The Hall–Kier alpha value is -3.50. The van der Waals surface area contributed by atoms with Crippen molar-refractivity contribution in [3.8, 4) is 0 Å². The number of carbonyl (C=O) groups is 2. The highest BCUT2D eigenvalue weighted by Gasteiger charge is 2.35. The van der Waals surface area contributed by atoms with Gasteiger partial charge in [-0.3, -0.25) is 19.9 Å². The van der Waals surface area contributed by atoms with Crippen LogP contribution in [0.15, 0.2) is 42.7 Å². The number of nitro benzene ring substituents is 1. The molecule has 0 spiro atoms. The van der Waals surface area contributed by atoms with Crippen molar-refractivity contribution in [2.24, 2.45) is 0 Å². The second kappa shape index (κ2) is 7.59. The highest BCUT2D eigenvalue weighted by atomic mass is 19.4.